The number of piperidine rings is 3. The summed E-state index contributed by atoms with van der Waals surface area (Å²) in [4.78, 5) is 43.6. The van der Waals surface area contributed by atoms with Crippen LogP contribution in [-0.2, 0) is 23.9 Å². The maximum atomic E-state index is 11.1. The molecule has 3 amide bonds. The van der Waals surface area contributed by atoms with E-state index in [9.17, 15) is 19.2 Å². The molecule has 0 radical (unpaired) electrons. The second kappa shape index (κ2) is 13.7. The van der Waals surface area contributed by atoms with Crippen molar-refractivity contribution in [3.8, 4) is 0 Å². The molecule has 3 saturated heterocycles. The average molecular weight is 411 g/mol. The Labute approximate surface area is 171 Å². The number of aliphatic hydroxyl groups is 1. The molecule has 0 bridgehead atoms. The fourth-order valence-electron chi connectivity index (χ4n) is 2.99. The predicted molar refractivity (Wildman–Crippen MR) is 107 cm³/mol. The summed E-state index contributed by atoms with van der Waals surface area (Å²) in [5, 5.41) is 16.6. The molecule has 4 N–H and O–H groups in total. The molecule has 0 aromatic heterocycles. The molecule has 9 nitrogen and oxygen atoms in total. The van der Waals surface area contributed by atoms with Crippen molar-refractivity contribution in [3.05, 3.63) is 12.2 Å². The number of aliphatic hydroxyl groups excluding tert-OH is 1. The van der Waals surface area contributed by atoms with Crippen molar-refractivity contribution in [2.75, 3.05) is 32.8 Å². The number of ether oxygens (including phenoxy) is 1. The van der Waals surface area contributed by atoms with Gasteiger partial charge in [0.1, 0.15) is 5.92 Å². The first kappa shape index (κ1) is 24.6. The quantitative estimate of drug-likeness (QED) is 0.294. The Morgan fingerprint density at radius 1 is 1.03 bits per heavy atom. The van der Waals surface area contributed by atoms with Crippen LogP contribution in [0.2, 0.25) is 0 Å². The second-order valence-corrected chi connectivity index (χ2v) is 7.01. The first-order valence-corrected chi connectivity index (χ1v) is 10.2. The van der Waals surface area contributed by atoms with E-state index in [1.807, 2.05) is 0 Å². The molecule has 0 saturated carbocycles. The molecule has 3 rings (SSSR count). The van der Waals surface area contributed by atoms with Crippen LogP contribution in [0.15, 0.2) is 12.2 Å². The van der Waals surface area contributed by atoms with E-state index in [4.69, 9.17) is 9.84 Å². The lowest BCUT2D eigenvalue weighted by Crippen LogP contribution is -2.41. The molecule has 9 heteroatoms. The third-order valence-corrected chi connectivity index (χ3v) is 4.74. The van der Waals surface area contributed by atoms with Crippen LogP contribution in [0.3, 0.4) is 0 Å². The largest absolute Gasteiger partial charge is 0.465 e. The smallest absolute Gasteiger partial charge is 0.318 e. The highest BCUT2D eigenvalue weighted by atomic mass is 16.5. The van der Waals surface area contributed by atoms with E-state index in [0.29, 0.717) is 19.6 Å². The van der Waals surface area contributed by atoms with Gasteiger partial charge in [0.15, 0.2) is 0 Å². The van der Waals surface area contributed by atoms with Gasteiger partial charge in [-0.25, -0.2) is 0 Å². The van der Waals surface area contributed by atoms with Gasteiger partial charge in [-0.05, 0) is 45.4 Å². The first-order valence-electron chi connectivity index (χ1n) is 10.2. The minimum absolute atomic E-state index is 0.00347. The summed E-state index contributed by atoms with van der Waals surface area (Å²) in [7, 11) is 0. The zero-order valence-corrected chi connectivity index (χ0v) is 17.1. The Morgan fingerprint density at radius 3 is 2.10 bits per heavy atom. The molecule has 2 atom stereocenters. The number of carbonyl (C=O) groups excluding carboxylic acids is 4. The second-order valence-electron chi connectivity index (χ2n) is 7.01. The molecular weight excluding hydrogens is 378 g/mol. The van der Waals surface area contributed by atoms with Crippen molar-refractivity contribution in [3.63, 3.8) is 0 Å². The minimum atomic E-state index is -0.571. The van der Waals surface area contributed by atoms with Gasteiger partial charge in [-0.3, -0.25) is 19.2 Å². The van der Waals surface area contributed by atoms with Gasteiger partial charge < -0.3 is 25.8 Å². The molecule has 3 aliphatic heterocycles. The van der Waals surface area contributed by atoms with Crippen LogP contribution in [0, 0.1) is 11.8 Å². The topological polar surface area (TPSA) is 134 Å². The number of amides is 3. The van der Waals surface area contributed by atoms with Gasteiger partial charge >= 0.3 is 5.97 Å². The van der Waals surface area contributed by atoms with Crippen LogP contribution in [0.25, 0.3) is 0 Å². The molecule has 29 heavy (non-hydrogen) atoms. The lowest BCUT2D eigenvalue weighted by Gasteiger charge is -2.19. The SMILES string of the molecule is C=C1CCCNC1=O.CCOC(=O)C1CCCNC1=O.O=C1NCCCC1CO. The monoisotopic (exact) mass is 411 g/mol. The normalized spacial score (nSPS) is 23.8. The highest BCUT2D eigenvalue weighted by molar-refractivity contribution is 5.98. The van der Waals surface area contributed by atoms with E-state index in [2.05, 4.69) is 22.5 Å². The van der Waals surface area contributed by atoms with E-state index in [1.165, 1.54) is 0 Å². The first-order chi connectivity index (χ1) is 13.9. The summed E-state index contributed by atoms with van der Waals surface area (Å²) < 4.78 is 4.75. The summed E-state index contributed by atoms with van der Waals surface area (Å²) in [5.41, 5.74) is 0.719. The molecule has 164 valence electrons. The van der Waals surface area contributed by atoms with Crippen LogP contribution in [0.1, 0.15) is 45.4 Å². The van der Waals surface area contributed by atoms with Gasteiger partial charge in [0.05, 0.1) is 19.1 Å². The van der Waals surface area contributed by atoms with E-state index < -0.39 is 11.9 Å². The van der Waals surface area contributed by atoms with Crippen LogP contribution in [-0.4, -0.2) is 61.6 Å². The molecule has 0 aliphatic carbocycles. The van der Waals surface area contributed by atoms with Gasteiger partial charge in [0.25, 0.3) is 0 Å². The van der Waals surface area contributed by atoms with E-state index >= 15 is 0 Å². The van der Waals surface area contributed by atoms with Crippen molar-refractivity contribution in [1.29, 1.82) is 0 Å². The fourth-order valence-corrected chi connectivity index (χ4v) is 2.99. The molecule has 3 heterocycles. The Balaban J connectivity index is 0.000000223. The Morgan fingerprint density at radius 2 is 1.66 bits per heavy atom. The number of esters is 1. The molecule has 0 spiro atoms. The molecule has 3 fully saturated rings. The van der Waals surface area contributed by atoms with Gasteiger partial charge in [0, 0.05) is 25.2 Å². The third-order valence-electron chi connectivity index (χ3n) is 4.74. The van der Waals surface area contributed by atoms with Crippen molar-refractivity contribution in [1.82, 2.24) is 16.0 Å². The Hall–Kier alpha value is -2.42. The number of nitrogens with one attached hydrogen (secondary N) is 3. The summed E-state index contributed by atoms with van der Waals surface area (Å²) in [6, 6.07) is 0. The molecule has 3 aliphatic rings. The molecule has 0 aromatic carbocycles. The lowest BCUT2D eigenvalue weighted by atomic mass is 9.99. The van der Waals surface area contributed by atoms with Crippen LogP contribution < -0.4 is 16.0 Å². The van der Waals surface area contributed by atoms with E-state index in [1.54, 1.807) is 6.92 Å². The molecule has 2 unspecified atom stereocenters. The number of carbonyl (C=O) groups is 4. The number of hydrogen-bond acceptors (Lipinski definition) is 6. The summed E-state index contributed by atoms with van der Waals surface area (Å²) in [6.45, 7) is 7.91. The fraction of sp³-hybridized carbons (Fsp3) is 0.700. The van der Waals surface area contributed by atoms with Crippen LogP contribution in [0.5, 0.6) is 0 Å². The maximum absolute atomic E-state index is 11.1. The van der Waals surface area contributed by atoms with Gasteiger partial charge in [0.2, 0.25) is 17.7 Å². The van der Waals surface area contributed by atoms with Crippen molar-refractivity contribution >= 4 is 23.7 Å². The van der Waals surface area contributed by atoms with Crippen LogP contribution in [0.4, 0.5) is 0 Å². The van der Waals surface area contributed by atoms with Gasteiger partial charge in [-0.15, -0.1) is 0 Å². The van der Waals surface area contributed by atoms with Crippen LogP contribution >= 0.6 is 0 Å². The van der Waals surface area contributed by atoms with Crippen molar-refractivity contribution in [2.24, 2.45) is 11.8 Å². The number of rotatable bonds is 3. The highest BCUT2D eigenvalue weighted by Gasteiger charge is 2.29. The van der Waals surface area contributed by atoms with E-state index in [-0.39, 0.29) is 30.2 Å². The number of hydrogen-bond donors (Lipinski definition) is 4. The molecule has 0 aromatic rings. The zero-order valence-electron chi connectivity index (χ0n) is 17.1. The average Bonchev–Trinajstić information content (AvgIpc) is 2.72. The van der Waals surface area contributed by atoms with Gasteiger partial charge in [-0.2, -0.15) is 0 Å². The summed E-state index contributed by atoms with van der Waals surface area (Å²) >= 11 is 0. The van der Waals surface area contributed by atoms with Crippen molar-refractivity contribution in [2.45, 2.75) is 45.4 Å². The predicted octanol–water partition coefficient (Wildman–Crippen LogP) is 0.0332. The third kappa shape index (κ3) is 9.08. The van der Waals surface area contributed by atoms with E-state index in [0.717, 1.165) is 50.8 Å². The maximum Gasteiger partial charge on any atom is 0.318 e. The Bertz CT molecular complexity index is 577. The highest BCUT2D eigenvalue weighted by Crippen LogP contribution is 2.12. The van der Waals surface area contributed by atoms with Crippen molar-refractivity contribution < 1.29 is 29.0 Å². The minimum Gasteiger partial charge on any atom is -0.465 e. The molecular formula is C20H33N3O6. The summed E-state index contributed by atoms with van der Waals surface area (Å²) in [5.74, 6) is -1.27. The standard InChI is InChI=1S/C8H13NO3.C6H11NO2.C6H9NO/c1-2-12-8(11)6-4-3-5-9-7(6)10;8-4-5-2-1-3-7-6(5)9;1-5-3-2-4-7-6(5)8/h6H,2-5H2,1H3,(H,9,10);5,8H,1-4H2,(H,7,9);1-4H2,(H,7,8). The zero-order chi connectivity index (χ0) is 21.6. The Kier molecular flexibility index (Phi) is 11.6. The van der Waals surface area contributed by atoms with Gasteiger partial charge in [-0.1, -0.05) is 6.58 Å². The lowest BCUT2D eigenvalue weighted by molar-refractivity contribution is -0.153. The summed E-state index contributed by atoms with van der Waals surface area (Å²) in [6.07, 6.45) is 5.22.